The van der Waals surface area contributed by atoms with Crippen LogP contribution in [0.3, 0.4) is 0 Å². The average molecular weight is 298 g/mol. The van der Waals surface area contributed by atoms with Crippen LogP contribution in [0.2, 0.25) is 0 Å². The molecule has 5 nitrogen and oxygen atoms in total. The average Bonchev–Trinajstić information content (AvgIpc) is 3.18. The van der Waals surface area contributed by atoms with Crippen molar-refractivity contribution >= 4 is 5.91 Å². The number of benzene rings is 1. The highest BCUT2D eigenvalue weighted by Gasteiger charge is 2.21. The Bertz CT molecular complexity index is 644. The van der Waals surface area contributed by atoms with E-state index in [0.717, 1.165) is 37.3 Å². The molecule has 1 aliphatic heterocycles. The summed E-state index contributed by atoms with van der Waals surface area (Å²) in [4.78, 5) is 16.3. The van der Waals surface area contributed by atoms with Crippen LogP contribution in [-0.4, -0.2) is 28.0 Å². The normalized spacial score (nSPS) is 17.6. The fourth-order valence-electron chi connectivity index (χ4n) is 2.83. The first kappa shape index (κ1) is 14.8. The number of carbonyl (C=O) groups excluding carboxylic acids is 1. The van der Waals surface area contributed by atoms with Gasteiger partial charge in [0.1, 0.15) is 5.82 Å². The lowest BCUT2D eigenvalue weighted by molar-refractivity contribution is -0.122. The van der Waals surface area contributed by atoms with Crippen molar-refractivity contribution < 1.29 is 4.79 Å². The number of hydrogen-bond donors (Lipinski definition) is 2. The quantitative estimate of drug-likeness (QED) is 0.881. The molecular weight excluding hydrogens is 276 g/mol. The summed E-state index contributed by atoms with van der Waals surface area (Å²) in [6.45, 7) is 4.32. The topological polar surface area (TPSA) is 59.0 Å². The molecule has 1 saturated heterocycles. The van der Waals surface area contributed by atoms with Gasteiger partial charge in [-0.2, -0.15) is 0 Å². The molecular formula is C17H22N4O. The number of carbonyl (C=O) groups is 1. The fourth-order valence-corrected chi connectivity index (χ4v) is 2.83. The number of hydrogen-bond acceptors (Lipinski definition) is 3. The van der Waals surface area contributed by atoms with Crippen molar-refractivity contribution in [3.05, 3.63) is 53.6 Å². The van der Waals surface area contributed by atoms with Crippen molar-refractivity contribution in [3.8, 4) is 0 Å². The van der Waals surface area contributed by atoms with E-state index in [1.807, 2.05) is 31.5 Å². The first-order valence-electron chi connectivity index (χ1n) is 7.79. The highest BCUT2D eigenvalue weighted by Crippen LogP contribution is 2.10. The summed E-state index contributed by atoms with van der Waals surface area (Å²) in [7, 11) is 0. The first-order chi connectivity index (χ1) is 10.7. The zero-order valence-corrected chi connectivity index (χ0v) is 12.9. The third kappa shape index (κ3) is 3.54. The van der Waals surface area contributed by atoms with E-state index >= 15 is 0 Å². The van der Waals surface area contributed by atoms with Crippen molar-refractivity contribution in [1.82, 2.24) is 20.2 Å². The predicted molar refractivity (Wildman–Crippen MR) is 85.4 cm³/mol. The monoisotopic (exact) mass is 298 g/mol. The van der Waals surface area contributed by atoms with E-state index in [0.29, 0.717) is 6.54 Å². The third-order valence-corrected chi connectivity index (χ3v) is 4.11. The van der Waals surface area contributed by atoms with Crippen molar-refractivity contribution in [1.29, 1.82) is 0 Å². The maximum atomic E-state index is 12.0. The van der Waals surface area contributed by atoms with Crippen LogP contribution in [0.5, 0.6) is 0 Å². The van der Waals surface area contributed by atoms with Crippen LogP contribution < -0.4 is 10.6 Å². The van der Waals surface area contributed by atoms with Gasteiger partial charge in [-0.05, 0) is 37.4 Å². The van der Waals surface area contributed by atoms with Crippen LogP contribution in [-0.2, 0) is 17.9 Å². The number of imidazole rings is 1. The molecule has 0 radical (unpaired) electrons. The molecule has 0 saturated carbocycles. The lowest BCUT2D eigenvalue weighted by atomic mass is 10.1. The zero-order valence-electron chi connectivity index (χ0n) is 12.9. The van der Waals surface area contributed by atoms with E-state index < -0.39 is 0 Å². The van der Waals surface area contributed by atoms with Crippen LogP contribution in [0.25, 0.3) is 0 Å². The van der Waals surface area contributed by atoms with Gasteiger partial charge in [0.25, 0.3) is 0 Å². The van der Waals surface area contributed by atoms with Gasteiger partial charge >= 0.3 is 0 Å². The van der Waals surface area contributed by atoms with Crippen molar-refractivity contribution in [3.63, 3.8) is 0 Å². The zero-order chi connectivity index (χ0) is 15.4. The van der Waals surface area contributed by atoms with Crippen LogP contribution in [0.1, 0.15) is 29.8 Å². The molecule has 1 aliphatic rings. The second-order valence-corrected chi connectivity index (χ2v) is 5.79. The van der Waals surface area contributed by atoms with E-state index in [1.54, 1.807) is 0 Å². The molecule has 1 fully saturated rings. The summed E-state index contributed by atoms with van der Waals surface area (Å²) in [5, 5.41) is 6.24. The van der Waals surface area contributed by atoms with Gasteiger partial charge in [-0.3, -0.25) is 4.79 Å². The number of amides is 1. The van der Waals surface area contributed by atoms with Gasteiger partial charge in [0.2, 0.25) is 5.91 Å². The Hall–Kier alpha value is -2.14. The van der Waals surface area contributed by atoms with E-state index in [1.165, 1.54) is 5.56 Å². The summed E-state index contributed by atoms with van der Waals surface area (Å²) in [5.74, 6) is 1.11. The smallest absolute Gasteiger partial charge is 0.237 e. The molecule has 5 heteroatoms. The van der Waals surface area contributed by atoms with E-state index in [4.69, 9.17) is 0 Å². The van der Waals surface area contributed by atoms with Crippen LogP contribution >= 0.6 is 0 Å². The number of aryl methyl sites for hydroxylation is 1. The molecule has 2 heterocycles. The molecule has 22 heavy (non-hydrogen) atoms. The standard InChI is InChI=1S/C17H22N4O/c1-13-18-8-9-21(13)12-15-5-2-4-14(10-15)11-20-17(22)16-6-3-7-19-16/h2,4-5,8-10,16,19H,3,6-7,11-12H2,1H3,(H,20,22)/t16-/m0/s1. The second kappa shape index (κ2) is 6.75. The molecule has 1 aromatic carbocycles. The highest BCUT2D eigenvalue weighted by atomic mass is 16.2. The maximum Gasteiger partial charge on any atom is 0.237 e. The van der Waals surface area contributed by atoms with E-state index in [2.05, 4.69) is 32.3 Å². The number of nitrogens with one attached hydrogen (secondary N) is 2. The Kier molecular flexibility index (Phi) is 4.53. The van der Waals surface area contributed by atoms with Crippen LogP contribution in [0.4, 0.5) is 0 Å². The van der Waals surface area contributed by atoms with Crippen molar-refractivity contribution in [2.75, 3.05) is 6.54 Å². The summed E-state index contributed by atoms with van der Waals surface area (Å²) in [6.07, 6.45) is 5.81. The minimum atomic E-state index is -0.0169. The molecule has 1 aromatic heterocycles. The van der Waals surface area contributed by atoms with E-state index in [9.17, 15) is 4.79 Å². The van der Waals surface area contributed by atoms with Gasteiger partial charge < -0.3 is 15.2 Å². The molecule has 0 bridgehead atoms. The van der Waals surface area contributed by atoms with Gasteiger partial charge in [-0.15, -0.1) is 0 Å². The Balaban J connectivity index is 1.59. The molecule has 0 unspecified atom stereocenters. The molecule has 116 valence electrons. The molecule has 2 aromatic rings. The van der Waals surface area contributed by atoms with Gasteiger partial charge in [0, 0.05) is 25.5 Å². The molecule has 1 amide bonds. The van der Waals surface area contributed by atoms with Crippen molar-refractivity contribution in [2.24, 2.45) is 0 Å². The molecule has 0 spiro atoms. The Morgan fingerprint density at radius 1 is 1.45 bits per heavy atom. The lowest BCUT2D eigenvalue weighted by Gasteiger charge is -2.12. The Morgan fingerprint density at radius 2 is 2.32 bits per heavy atom. The van der Waals surface area contributed by atoms with Crippen LogP contribution in [0, 0.1) is 6.92 Å². The molecule has 1 atom stereocenters. The largest absolute Gasteiger partial charge is 0.351 e. The Morgan fingerprint density at radius 3 is 3.05 bits per heavy atom. The summed E-state index contributed by atoms with van der Waals surface area (Å²) < 4.78 is 2.11. The molecule has 3 rings (SSSR count). The Labute approximate surface area is 130 Å². The third-order valence-electron chi connectivity index (χ3n) is 4.11. The fraction of sp³-hybridized carbons (Fsp3) is 0.412. The van der Waals surface area contributed by atoms with Gasteiger partial charge in [0.15, 0.2) is 0 Å². The molecule has 0 aliphatic carbocycles. The summed E-state index contributed by atoms with van der Waals surface area (Å²) in [6, 6.07) is 8.31. The predicted octanol–water partition coefficient (Wildman–Crippen LogP) is 1.61. The van der Waals surface area contributed by atoms with Gasteiger partial charge in [-0.1, -0.05) is 24.3 Å². The van der Waals surface area contributed by atoms with E-state index in [-0.39, 0.29) is 11.9 Å². The summed E-state index contributed by atoms with van der Waals surface area (Å²) in [5.41, 5.74) is 2.34. The highest BCUT2D eigenvalue weighted by molar-refractivity contribution is 5.81. The molecule has 2 N–H and O–H groups in total. The first-order valence-corrected chi connectivity index (χ1v) is 7.79. The minimum Gasteiger partial charge on any atom is -0.351 e. The lowest BCUT2D eigenvalue weighted by Crippen LogP contribution is -2.40. The SMILES string of the molecule is Cc1nccn1Cc1cccc(CNC(=O)[C@@H]2CCCN2)c1. The summed E-state index contributed by atoms with van der Waals surface area (Å²) >= 11 is 0. The van der Waals surface area contributed by atoms with Crippen molar-refractivity contribution in [2.45, 2.75) is 38.9 Å². The maximum absolute atomic E-state index is 12.0. The number of aromatic nitrogens is 2. The minimum absolute atomic E-state index is 0.0169. The number of nitrogens with zero attached hydrogens (tertiary/aromatic N) is 2. The van der Waals surface area contributed by atoms with Crippen LogP contribution in [0.15, 0.2) is 36.7 Å². The number of rotatable bonds is 5. The van der Waals surface area contributed by atoms with Gasteiger partial charge in [0.05, 0.1) is 6.04 Å². The second-order valence-electron chi connectivity index (χ2n) is 5.79. The van der Waals surface area contributed by atoms with Gasteiger partial charge in [-0.25, -0.2) is 4.98 Å².